The third-order valence-corrected chi connectivity index (χ3v) is 4.04. The first-order valence-corrected chi connectivity index (χ1v) is 8.04. The molecule has 0 aliphatic heterocycles. The Kier molecular flexibility index (Phi) is 5.62. The van der Waals surface area contributed by atoms with Crippen molar-refractivity contribution in [2.45, 2.75) is 20.3 Å². The minimum atomic E-state index is -0.931. The fourth-order valence-electron chi connectivity index (χ4n) is 2.50. The summed E-state index contributed by atoms with van der Waals surface area (Å²) in [5.41, 5.74) is 2.01. The van der Waals surface area contributed by atoms with Crippen LogP contribution >= 0.6 is 11.6 Å². The molecule has 24 heavy (non-hydrogen) atoms. The summed E-state index contributed by atoms with van der Waals surface area (Å²) in [6, 6.07) is 7.23. The number of carboxylic acid groups (broad SMARTS) is 1. The minimum Gasteiger partial charge on any atom is -0.481 e. The van der Waals surface area contributed by atoms with E-state index in [-0.39, 0.29) is 12.5 Å². The van der Waals surface area contributed by atoms with Gasteiger partial charge in [-0.25, -0.2) is 4.68 Å². The van der Waals surface area contributed by atoms with Gasteiger partial charge in [-0.05, 0) is 24.6 Å². The summed E-state index contributed by atoms with van der Waals surface area (Å²) in [7, 11) is 1.60. The quantitative estimate of drug-likeness (QED) is 0.870. The largest absolute Gasteiger partial charge is 0.481 e. The highest BCUT2D eigenvalue weighted by molar-refractivity contribution is 6.30. The third kappa shape index (κ3) is 3.76. The van der Waals surface area contributed by atoms with E-state index in [2.05, 4.69) is 5.10 Å². The SMILES string of the molecule is CCc1c(C(=O)N(C)CC(C)C(=O)O)cnn1-c1cccc(Cl)c1. The van der Waals surface area contributed by atoms with E-state index in [1.165, 1.54) is 11.1 Å². The molecule has 1 N–H and O–H groups in total. The van der Waals surface area contributed by atoms with Crippen LogP contribution in [-0.4, -0.2) is 45.3 Å². The van der Waals surface area contributed by atoms with Crippen LogP contribution in [0.15, 0.2) is 30.5 Å². The van der Waals surface area contributed by atoms with Crippen LogP contribution in [0.25, 0.3) is 5.69 Å². The topological polar surface area (TPSA) is 75.4 Å². The van der Waals surface area contributed by atoms with E-state index in [9.17, 15) is 9.59 Å². The lowest BCUT2D eigenvalue weighted by molar-refractivity contribution is -0.141. The molecule has 6 nitrogen and oxygen atoms in total. The minimum absolute atomic E-state index is 0.139. The highest BCUT2D eigenvalue weighted by atomic mass is 35.5. The molecular weight excluding hydrogens is 330 g/mol. The predicted molar refractivity (Wildman–Crippen MR) is 91.7 cm³/mol. The smallest absolute Gasteiger partial charge is 0.308 e. The first-order chi connectivity index (χ1) is 11.3. The van der Waals surface area contributed by atoms with Gasteiger partial charge in [-0.15, -0.1) is 0 Å². The number of carbonyl (C=O) groups is 2. The summed E-state index contributed by atoms with van der Waals surface area (Å²) in [6.07, 6.45) is 2.12. The van der Waals surface area contributed by atoms with Gasteiger partial charge in [-0.3, -0.25) is 9.59 Å². The molecular formula is C17H20ClN3O3. The van der Waals surface area contributed by atoms with Crippen molar-refractivity contribution >= 4 is 23.5 Å². The van der Waals surface area contributed by atoms with Crippen LogP contribution in [0.5, 0.6) is 0 Å². The molecule has 1 unspecified atom stereocenters. The monoisotopic (exact) mass is 349 g/mol. The highest BCUT2D eigenvalue weighted by Crippen LogP contribution is 2.20. The fourth-order valence-corrected chi connectivity index (χ4v) is 2.68. The van der Waals surface area contributed by atoms with Crippen LogP contribution in [0.3, 0.4) is 0 Å². The summed E-state index contributed by atoms with van der Waals surface area (Å²) in [5, 5.41) is 13.9. The van der Waals surface area contributed by atoms with Gasteiger partial charge < -0.3 is 10.0 Å². The van der Waals surface area contributed by atoms with Crippen molar-refractivity contribution in [2.24, 2.45) is 5.92 Å². The van der Waals surface area contributed by atoms with Crippen LogP contribution < -0.4 is 0 Å². The fraction of sp³-hybridized carbons (Fsp3) is 0.353. The number of carbonyl (C=O) groups excluding carboxylic acids is 1. The van der Waals surface area contributed by atoms with Crippen LogP contribution in [0.4, 0.5) is 0 Å². The molecule has 0 spiro atoms. The van der Waals surface area contributed by atoms with Gasteiger partial charge in [-0.1, -0.05) is 31.5 Å². The van der Waals surface area contributed by atoms with Crippen LogP contribution in [0.1, 0.15) is 29.9 Å². The normalized spacial score (nSPS) is 12.0. The van der Waals surface area contributed by atoms with E-state index in [0.29, 0.717) is 17.0 Å². The first kappa shape index (κ1) is 18.0. The summed E-state index contributed by atoms with van der Waals surface area (Å²) in [6.45, 7) is 3.65. The van der Waals surface area contributed by atoms with Gasteiger partial charge in [0.1, 0.15) is 0 Å². The number of amides is 1. The lowest BCUT2D eigenvalue weighted by atomic mass is 10.1. The average molecular weight is 350 g/mol. The van der Waals surface area contributed by atoms with E-state index in [0.717, 1.165) is 11.4 Å². The number of aliphatic carboxylic acids is 1. The summed E-state index contributed by atoms with van der Waals surface area (Å²) in [5.74, 6) is -1.81. The van der Waals surface area contributed by atoms with Crippen LogP contribution in [0.2, 0.25) is 5.02 Å². The molecule has 0 bridgehead atoms. The zero-order valence-corrected chi connectivity index (χ0v) is 14.6. The number of carboxylic acids is 1. The van der Waals surface area contributed by atoms with E-state index in [1.807, 2.05) is 19.1 Å². The van der Waals surface area contributed by atoms with Crippen molar-refractivity contribution in [1.82, 2.24) is 14.7 Å². The number of hydrogen-bond donors (Lipinski definition) is 1. The van der Waals surface area contributed by atoms with Crippen LogP contribution in [0, 0.1) is 5.92 Å². The van der Waals surface area contributed by atoms with Gasteiger partial charge in [-0.2, -0.15) is 5.10 Å². The van der Waals surface area contributed by atoms with Crippen molar-refractivity contribution < 1.29 is 14.7 Å². The Morgan fingerprint density at radius 1 is 1.42 bits per heavy atom. The molecule has 128 valence electrons. The average Bonchev–Trinajstić information content (AvgIpc) is 2.97. The zero-order chi connectivity index (χ0) is 17.9. The summed E-state index contributed by atoms with van der Waals surface area (Å²) >= 11 is 6.03. The number of halogens is 1. The molecule has 0 aliphatic rings. The van der Waals surface area contributed by atoms with E-state index in [1.54, 1.807) is 30.8 Å². The van der Waals surface area contributed by atoms with Crippen molar-refractivity contribution in [3.63, 3.8) is 0 Å². The van der Waals surface area contributed by atoms with Gasteiger partial charge in [0.25, 0.3) is 5.91 Å². The number of rotatable bonds is 6. The number of aromatic nitrogens is 2. The van der Waals surface area contributed by atoms with Crippen LogP contribution in [-0.2, 0) is 11.2 Å². The number of nitrogens with zero attached hydrogens (tertiary/aromatic N) is 3. The summed E-state index contributed by atoms with van der Waals surface area (Å²) < 4.78 is 1.69. The van der Waals surface area contributed by atoms with Gasteiger partial charge in [0.15, 0.2) is 0 Å². The van der Waals surface area contributed by atoms with Gasteiger partial charge in [0.2, 0.25) is 0 Å². The predicted octanol–water partition coefficient (Wildman–Crippen LogP) is 2.88. The molecule has 1 atom stereocenters. The molecule has 0 saturated heterocycles. The molecule has 7 heteroatoms. The maximum Gasteiger partial charge on any atom is 0.308 e. The molecule has 2 aromatic rings. The lowest BCUT2D eigenvalue weighted by Crippen LogP contribution is -2.34. The molecule has 0 aliphatic carbocycles. The maximum atomic E-state index is 12.6. The standard InChI is InChI=1S/C17H20ClN3O3/c1-4-15-14(16(22)20(3)10-11(2)17(23)24)9-19-21(15)13-7-5-6-12(18)8-13/h5-9,11H,4,10H2,1-3H3,(H,23,24). The Morgan fingerprint density at radius 3 is 2.71 bits per heavy atom. The Bertz CT molecular complexity index is 757. The number of benzene rings is 1. The Balaban J connectivity index is 2.31. The zero-order valence-electron chi connectivity index (χ0n) is 13.9. The molecule has 1 aromatic carbocycles. The summed E-state index contributed by atoms with van der Waals surface area (Å²) in [4.78, 5) is 25.0. The van der Waals surface area contributed by atoms with Crippen molar-refractivity contribution in [3.8, 4) is 5.69 Å². The molecule has 0 saturated carbocycles. The van der Waals surface area contributed by atoms with Crippen molar-refractivity contribution in [3.05, 3.63) is 46.7 Å². The second-order valence-corrected chi connectivity index (χ2v) is 6.11. The Morgan fingerprint density at radius 2 is 2.12 bits per heavy atom. The highest BCUT2D eigenvalue weighted by Gasteiger charge is 2.23. The van der Waals surface area contributed by atoms with Crippen molar-refractivity contribution in [1.29, 1.82) is 0 Å². The Labute approximate surface area is 145 Å². The molecule has 1 aromatic heterocycles. The molecule has 1 amide bonds. The van der Waals surface area contributed by atoms with Crippen molar-refractivity contribution in [2.75, 3.05) is 13.6 Å². The van der Waals surface area contributed by atoms with Gasteiger partial charge >= 0.3 is 5.97 Å². The number of hydrogen-bond acceptors (Lipinski definition) is 3. The Hall–Kier alpha value is -2.34. The third-order valence-electron chi connectivity index (χ3n) is 3.80. The second-order valence-electron chi connectivity index (χ2n) is 5.68. The van der Waals surface area contributed by atoms with E-state index in [4.69, 9.17) is 16.7 Å². The molecule has 0 radical (unpaired) electrons. The maximum absolute atomic E-state index is 12.6. The lowest BCUT2D eigenvalue weighted by Gasteiger charge is -2.19. The first-order valence-electron chi connectivity index (χ1n) is 7.66. The van der Waals surface area contributed by atoms with Gasteiger partial charge in [0.05, 0.1) is 29.1 Å². The molecule has 1 heterocycles. The van der Waals surface area contributed by atoms with E-state index < -0.39 is 11.9 Å². The molecule has 2 rings (SSSR count). The van der Waals surface area contributed by atoms with Gasteiger partial charge in [0, 0.05) is 18.6 Å². The van der Waals surface area contributed by atoms with E-state index >= 15 is 0 Å². The molecule has 0 fully saturated rings. The second kappa shape index (κ2) is 7.49.